The van der Waals surface area contributed by atoms with Crippen LogP contribution >= 0.6 is 0 Å². The van der Waals surface area contributed by atoms with Crippen molar-refractivity contribution in [3.8, 4) is 5.75 Å². The lowest BCUT2D eigenvalue weighted by atomic mass is 9.97. The Morgan fingerprint density at radius 2 is 2.09 bits per heavy atom. The number of nitrogens with one attached hydrogen (secondary N) is 1. The zero-order valence-corrected chi connectivity index (χ0v) is 13.2. The molecule has 7 nitrogen and oxygen atoms in total. The summed E-state index contributed by atoms with van der Waals surface area (Å²) in [4.78, 5) is 11.3. The first kappa shape index (κ1) is 17.7. The van der Waals surface area contributed by atoms with Crippen molar-refractivity contribution in [2.75, 3.05) is 6.61 Å². The van der Waals surface area contributed by atoms with Gasteiger partial charge < -0.3 is 30.1 Å². The lowest BCUT2D eigenvalue weighted by molar-refractivity contribution is -0.244. The largest absolute Gasteiger partial charge is 0.463 e. The van der Waals surface area contributed by atoms with E-state index in [-0.39, 0.29) is 5.91 Å². The van der Waals surface area contributed by atoms with Gasteiger partial charge in [0, 0.05) is 6.92 Å². The van der Waals surface area contributed by atoms with Crippen LogP contribution in [0, 0.1) is 0 Å². The summed E-state index contributed by atoms with van der Waals surface area (Å²) in [6.07, 6.45) is -3.82. The van der Waals surface area contributed by atoms with Crippen LogP contribution in [0.25, 0.3) is 0 Å². The van der Waals surface area contributed by atoms with Crippen molar-refractivity contribution in [1.82, 2.24) is 5.32 Å². The number of rotatable bonds is 5. The summed E-state index contributed by atoms with van der Waals surface area (Å²) in [7, 11) is 0. The molecule has 1 saturated heterocycles. The van der Waals surface area contributed by atoms with E-state index in [2.05, 4.69) is 5.32 Å². The molecule has 1 amide bonds. The lowest BCUT2D eigenvalue weighted by Crippen LogP contribution is -2.65. The van der Waals surface area contributed by atoms with Crippen molar-refractivity contribution < 1.29 is 29.6 Å². The predicted molar refractivity (Wildman–Crippen MR) is 81.8 cm³/mol. The number of aliphatic hydroxyl groups excluding tert-OH is 3. The van der Waals surface area contributed by atoms with Crippen molar-refractivity contribution in [2.45, 2.75) is 50.9 Å². The highest BCUT2D eigenvalue weighted by molar-refractivity contribution is 5.73. The van der Waals surface area contributed by atoms with Crippen molar-refractivity contribution in [2.24, 2.45) is 0 Å². The van der Waals surface area contributed by atoms with Gasteiger partial charge in [0.25, 0.3) is 0 Å². The van der Waals surface area contributed by atoms with Crippen LogP contribution in [0.4, 0.5) is 0 Å². The highest BCUT2D eigenvalue weighted by Crippen LogP contribution is 2.25. The van der Waals surface area contributed by atoms with Crippen molar-refractivity contribution in [1.29, 1.82) is 0 Å². The fourth-order valence-electron chi connectivity index (χ4n) is 2.54. The predicted octanol–water partition coefficient (Wildman–Crippen LogP) is -0.429. The first-order valence-electron chi connectivity index (χ1n) is 7.61. The molecule has 0 aromatic heterocycles. The number of amides is 1. The molecule has 1 aliphatic rings. The van der Waals surface area contributed by atoms with Crippen molar-refractivity contribution in [3.63, 3.8) is 0 Å². The molecule has 0 spiro atoms. The van der Waals surface area contributed by atoms with Gasteiger partial charge in [-0.05, 0) is 24.1 Å². The van der Waals surface area contributed by atoms with E-state index in [1.165, 1.54) is 6.92 Å². The van der Waals surface area contributed by atoms with Crippen LogP contribution in [0.1, 0.15) is 19.4 Å². The van der Waals surface area contributed by atoms with Gasteiger partial charge in [-0.15, -0.1) is 0 Å². The number of ether oxygens (including phenoxy) is 2. The molecule has 5 atom stereocenters. The van der Waals surface area contributed by atoms with Crippen LogP contribution in [0.3, 0.4) is 0 Å². The maximum atomic E-state index is 11.3. The maximum Gasteiger partial charge on any atom is 0.223 e. The van der Waals surface area contributed by atoms with Crippen LogP contribution < -0.4 is 10.1 Å². The Hall–Kier alpha value is -1.67. The number of aliphatic hydroxyl groups is 3. The van der Waals surface area contributed by atoms with E-state index in [1.54, 1.807) is 6.07 Å². The Kier molecular flexibility index (Phi) is 5.95. The first-order chi connectivity index (χ1) is 11.0. The molecular formula is C16H23NO6. The van der Waals surface area contributed by atoms with E-state index < -0.39 is 37.3 Å². The Morgan fingerprint density at radius 1 is 1.35 bits per heavy atom. The quantitative estimate of drug-likeness (QED) is 0.585. The summed E-state index contributed by atoms with van der Waals surface area (Å²) in [5.74, 6) is 0.133. The molecule has 7 heteroatoms. The fourth-order valence-corrected chi connectivity index (χ4v) is 2.54. The second-order valence-corrected chi connectivity index (χ2v) is 5.55. The van der Waals surface area contributed by atoms with E-state index in [1.807, 2.05) is 25.1 Å². The van der Waals surface area contributed by atoms with E-state index in [0.29, 0.717) is 5.75 Å². The Labute approximate surface area is 134 Å². The van der Waals surface area contributed by atoms with Gasteiger partial charge in [-0.2, -0.15) is 0 Å². The molecule has 1 heterocycles. The number of hydrogen-bond acceptors (Lipinski definition) is 6. The molecular weight excluding hydrogens is 302 g/mol. The van der Waals surface area contributed by atoms with Gasteiger partial charge in [0.15, 0.2) is 0 Å². The molecule has 128 valence electrons. The second-order valence-electron chi connectivity index (χ2n) is 5.55. The van der Waals surface area contributed by atoms with E-state index in [4.69, 9.17) is 9.47 Å². The molecule has 0 radical (unpaired) electrons. The number of carbonyl (C=O) groups excluding carboxylic acids is 1. The third kappa shape index (κ3) is 4.20. The SMILES string of the molecule is CCc1cccc(O[C@H]2O[C@@H](CO)[C@@H](O)[C@@H](O)[C@H]2NC(C)=O)c1. The topological polar surface area (TPSA) is 108 Å². The van der Waals surface area contributed by atoms with Gasteiger partial charge >= 0.3 is 0 Å². The molecule has 0 unspecified atom stereocenters. The molecule has 2 rings (SSSR count). The third-order valence-corrected chi connectivity index (χ3v) is 3.81. The molecule has 1 fully saturated rings. The zero-order valence-electron chi connectivity index (χ0n) is 13.2. The number of carbonyl (C=O) groups is 1. The number of hydrogen-bond donors (Lipinski definition) is 4. The van der Waals surface area contributed by atoms with E-state index >= 15 is 0 Å². The van der Waals surface area contributed by atoms with Crippen LogP contribution in [-0.2, 0) is 16.0 Å². The number of aryl methyl sites for hydroxylation is 1. The average Bonchev–Trinajstić information content (AvgIpc) is 2.54. The smallest absolute Gasteiger partial charge is 0.223 e. The summed E-state index contributed by atoms with van der Waals surface area (Å²) < 4.78 is 11.3. The summed E-state index contributed by atoms with van der Waals surface area (Å²) in [6, 6.07) is 6.41. The van der Waals surface area contributed by atoms with Gasteiger partial charge in [-0.25, -0.2) is 0 Å². The summed E-state index contributed by atoms with van der Waals surface area (Å²) in [5.41, 5.74) is 1.06. The highest BCUT2D eigenvalue weighted by atomic mass is 16.7. The fraction of sp³-hybridized carbons (Fsp3) is 0.562. The minimum absolute atomic E-state index is 0.386. The highest BCUT2D eigenvalue weighted by Gasteiger charge is 2.46. The molecule has 23 heavy (non-hydrogen) atoms. The van der Waals surface area contributed by atoms with Gasteiger partial charge in [0.05, 0.1) is 6.61 Å². The van der Waals surface area contributed by atoms with Gasteiger partial charge in [0.2, 0.25) is 12.2 Å². The monoisotopic (exact) mass is 325 g/mol. The maximum absolute atomic E-state index is 11.3. The minimum atomic E-state index is -1.32. The number of benzene rings is 1. The average molecular weight is 325 g/mol. The molecule has 1 aliphatic heterocycles. The van der Waals surface area contributed by atoms with Crippen LogP contribution in [0.15, 0.2) is 24.3 Å². The van der Waals surface area contributed by atoms with Gasteiger partial charge in [-0.1, -0.05) is 19.1 Å². The molecule has 1 aromatic carbocycles. The molecule has 0 saturated carbocycles. The molecule has 0 aliphatic carbocycles. The van der Waals surface area contributed by atoms with Crippen LogP contribution in [0.2, 0.25) is 0 Å². The zero-order chi connectivity index (χ0) is 17.0. The summed E-state index contributed by atoms with van der Waals surface area (Å²) in [5, 5.41) is 31.9. The normalized spacial score (nSPS) is 30.7. The Balaban J connectivity index is 2.21. The standard InChI is InChI=1S/C16H23NO6/c1-3-10-5-4-6-11(7-10)22-16-13(17-9(2)19)15(21)14(20)12(8-18)23-16/h4-7,12-16,18,20-21H,3,8H2,1-2H3,(H,17,19)/t12-,13+,14+,15-,16-/m0/s1. The first-order valence-corrected chi connectivity index (χ1v) is 7.61. The third-order valence-electron chi connectivity index (χ3n) is 3.81. The van der Waals surface area contributed by atoms with Gasteiger partial charge in [0.1, 0.15) is 30.1 Å². The Morgan fingerprint density at radius 3 is 2.70 bits per heavy atom. The van der Waals surface area contributed by atoms with Crippen molar-refractivity contribution >= 4 is 5.91 Å². The molecule has 4 N–H and O–H groups in total. The Bertz CT molecular complexity index is 537. The second kappa shape index (κ2) is 7.74. The minimum Gasteiger partial charge on any atom is -0.463 e. The lowest BCUT2D eigenvalue weighted by Gasteiger charge is -2.42. The van der Waals surface area contributed by atoms with E-state index in [0.717, 1.165) is 12.0 Å². The van der Waals surface area contributed by atoms with E-state index in [9.17, 15) is 20.1 Å². The summed E-state index contributed by atoms with van der Waals surface area (Å²) >= 11 is 0. The summed E-state index contributed by atoms with van der Waals surface area (Å²) in [6.45, 7) is 2.84. The van der Waals surface area contributed by atoms with Crippen LogP contribution in [0.5, 0.6) is 5.75 Å². The van der Waals surface area contributed by atoms with Crippen molar-refractivity contribution in [3.05, 3.63) is 29.8 Å². The molecule has 0 bridgehead atoms. The van der Waals surface area contributed by atoms with Gasteiger partial charge in [-0.3, -0.25) is 4.79 Å². The van der Waals surface area contributed by atoms with Crippen LogP contribution in [-0.4, -0.2) is 58.5 Å². The molecule has 1 aromatic rings.